The van der Waals surface area contributed by atoms with Crippen LogP contribution in [-0.4, -0.2) is 355 Å². The zero-order valence-electron chi connectivity index (χ0n) is 78.2. The molecule has 136 heavy (non-hydrogen) atoms. The highest BCUT2D eigenvalue weighted by Crippen LogP contribution is 2.32. The van der Waals surface area contributed by atoms with E-state index in [4.69, 9.17) is 11.5 Å². The summed E-state index contributed by atoms with van der Waals surface area (Å²) in [6.07, 6.45) is 6.09. The largest absolute Gasteiger partial charge is 0.480 e. The Morgan fingerprint density at radius 2 is 0.794 bits per heavy atom. The number of carbonyl (C=O) groups is 22. The van der Waals surface area contributed by atoms with Gasteiger partial charge in [0.25, 0.3) is 0 Å². The molecule has 21 N–H and O–H groups in total. The van der Waals surface area contributed by atoms with E-state index >= 15 is 0 Å². The molecule has 48 nitrogen and oxygen atoms in total. The van der Waals surface area contributed by atoms with E-state index in [-0.39, 0.29) is 89.6 Å². The van der Waals surface area contributed by atoms with Crippen molar-refractivity contribution in [3.63, 3.8) is 0 Å². The average molecular weight is 1910 g/mol. The lowest BCUT2D eigenvalue weighted by atomic mass is 9.99. The zero-order valence-corrected chi connectivity index (χ0v) is 78.2. The van der Waals surface area contributed by atoms with E-state index in [0.717, 1.165) is 0 Å². The molecule has 8 rings (SSSR count). The fourth-order valence-electron chi connectivity index (χ4n) is 17.4. The number of imidazole rings is 1. The van der Waals surface area contributed by atoms with Gasteiger partial charge in [0.05, 0.1) is 58.1 Å². The molecule has 48 heteroatoms. The normalized spacial score (nSPS) is 20.2. The number of nitrogens with one attached hydrogen (secondary N) is 15. The maximum absolute atomic E-state index is 14.7. The first kappa shape index (κ1) is 108. The fourth-order valence-corrected chi connectivity index (χ4v) is 17.4. The molecule has 6 aliphatic rings. The number of hydrogen-bond acceptors (Lipinski definition) is 25. The van der Waals surface area contributed by atoms with Crippen LogP contribution in [0.15, 0.2) is 42.9 Å². The van der Waals surface area contributed by atoms with Crippen LogP contribution in [0, 0.1) is 17.8 Å². The summed E-state index contributed by atoms with van der Waals surface area (Å²) in [6, 6.07) is -10.5. The highest BCUT2D eigenvalue weighted by molar-refractivity contribution is 6.02. The molecule has 6 fully saturated rings. The summed E-state index contributed by atoms with van der Waals surface area (Å²) >= 11 is 0. The monoisotopic (exact) mass is 1910 g/mol. The molecule has 2 aromatic rings. The van der Waals surface area contributed by atoms with Crippen molar-refractivity contribution in [2.24, 2.45) is 29.2 Å². The molecule has 6 saturated heterocycles. The molecule has 1 aromatic carbocycles. The molecule has 7 heterocycles. The van der Waals surface area contributed by atoms with E-state index in [1.807, 2.05) is 13.8 Å². The van der Waals surface area contributed by atoms with Gasteiger partial charge >= 0.3 is 5.97 Å². The Kier molecular flexibility index (Phi) is 40.8. The number of carbonyl (C=O) groups excluding carboxylic acids is 21. The van der Waals surface area contributed by atoms with Crippen molar-refractivity contribution in [3.05, 3.63) is 54.1 Å². The average Bonchev–Trinajstić information content (AvgIpc) is 1.62. The van der Waals surface area contributed by atoms with Gasteiger partial charge in [0.2, 0.25) is 124 Å². The van der Waals surface area contributed by atoms with Crippen molar-refractivity contribution < 1.29 is 116 Å². The van der Waals surface area contributed by atoms with Crippen LogP contribution in [0.2, 0.25) is 0 Å². The first-order valence-corrected chi connectivity index (χ1v) is 46.3. The number of aliphatic hydroxyl groups excluding tert-OH is 1. The second kappa shape index (κ2) is 51.4. The SMILES string of the molecule is CC(C)C[C@H](NC(=O)CNC(=O)[C@H](CO)NC(=O)CNC(=O)CNC(=O)[C@H](C)NC(=O)CNC(=O)[C@@H](NC(=O)[C@H](Cc1cnc[nH]1)NC(=O)CNC(=O)[C@H](CC(N)=O)NC(=O)[C@@H]1CCCN1C(=O)[C@H](Cc1ccccc1)NC(=O)[C@@H]1CCCN1C(=O)[C@H](C)N)C(C)C)C(=O)N[C@@H](CC(C)C)C(=O)N1CCC[C@H]1C(=O)N1CCC[C@H]1C(=O)N1CCC[C@H]1C(=O)N1CCC[C@H]1C(=O)N[C@@H](C)C(=O)O. The first-order chi connectivity index (χ1) is 64.5. The van der Waals surface area contributed by atoms with Gasteiger partial charge < -0.3 is 130 Å². The second-order valence-corrected chi connectivity index (χ2v) is 36.3. The van der Waals surface area contributed by atoms with Crippen molar-refractivity contribution in [2.45, 2.75) is 268 Å². The van der Waals surface area contributed by atoms with E-state index in [9.17, 15) is 116 Å². The molecule has 748 valence electrons. The number of aromatic nitrogens is 2. The van der Waals surface area contributed by atoms with E-state index in [2.05, 4.69) is 84.4 Å². The third-order valence-electron chi connectivity index (χ3n) is 24.3. The summed E-state index contributed by atoms with van der Waals surface area (Å²) in [7, 11) is 0. The molecular formula is C88H132N24O24. The third kappa shape index (κ3) is 30.9. The molecule has 0 unspecified atom stereocenters. The standard InChI is InChI=1S/C88H132N24O24/c1-46(2)33-54(76(123)104-57(34-47(3)4)83(130)110-30-16-24-63(110)86(133)112-32-18-26-65(112)87(134)111-31-17-25-64(111)85(132)109-29-15-21-60(109)78(125)99-51(9)88(135)136)100-70(118)43-95-75(122)59(44-113)102-69(117)40-92-67(115)39-93-73(120)50(8)98-68(116)41-96-81(128)72(48(5)6)106-77(124)55(36-53-38-91-45-97-53)101-71(119)42-94-74(121)56(37-66(90)114)103-79(126)62-23-14-28-108(62)84(131)58(35-52-19-11-10-12-20-52)105-80(127)61-22-13-27-107(61)82(129)49(7)89/h10-12,19-20,38,45-51,54-65,72,113H,13-18,21-37,39-44,89H2,1-9H3,(H2,90,114)(H,91,97)(H,92,115)(H,93,120)(H,94,121)(H,95,122)(H,96,128)(H,98,116)(H,99,125)(H,100,118)(H,101,119)(H,102,117)(H,103,126)(H,104,123)(H,105,127)(H,106,124)(H,135,136)/t49-,50-,51-,54-,55-,56-,57-,58-,59-,60-,61-,62-,63-,64-,65-,72-/m0/s1. The Morgan fingerprint density at radius 1 is 0.397 bits per heavy atom. The van der Waals surface area contributed by atoms with Gasteiger partial charge in [-0.15, -0.1) is 0 Å². The number of hydrogen-bond donors (Lipinski definition) is 19. The predicted octanol–water partition coefficient (Wildman–Crippen LogP) is -7.83. The lowest BCUT2D eigenvalue weighted by Gasteiger charge is -2.36. The first-order valence-electron chi connectivity index (χ1n) is 46.3. The van der Waals surface area contributed by atoms with Crippen molar-refractivity contribution in [2.75, 3.05) is 78.6 Å². The molecule has 0 saturated carbocycles. The van der Waals surface area contributed by atoms with Gasteiger partial charge in [0.1, 0.15) is 90.6 Å². The summed E-state index contributed by atoms with van der Waals surface area (Å²) in [5.74, 6) is -18.7. The Morgan fingerprint density at radius 3 is 1.28 bits per heavy atom. The van der Waals surface area contributed by atoms with Crippen molar-refractivity contribution >= 4 is 130 Å². The van der Waals surface area contributed by atoms with Crippen LogP contribution in [0.3, 0.4) is 0 Å². The Bertz CT molecular complexity index is 4670. The van der Waals surface area contributed by atoms with Crippen LogP contribution in [0.25, 0.3) is 0 Å². The zero-order chi connectivity index (χ0) is 100. The lowest BCUT2D eigenvalue weighted by molar-refractivity contribution is -0.153. The van der Waals surface area contributed by atoms with Crippen LogP contribution < -0.4 is 85.9 Å². The molecule has 1 aromatic heterocycles. The number of H-pyrrole nitrogens is 1. The second-order valence-electron chi connectivity index (χ2n) is 36.3. The number of amides is 21. The third-order valence-corrected chi connectivity index (χ3v) is 24.3. The van der Waals surface area contributed by atoms with Crippen molar-refractivity contribution in [1.29, 1.82) is 0 Å². The minimum Gasteiger partial charge on any atom is -0.480 e. The van der Waals surface area contributed by atoms with E-state index in [1.165, 1.54) is 62.7 Å². The number of nitrogens with two attached hydrogens (primary N) is 2. The minimum absolute atomic E-state index is 0.00445. The summed E-state index contributed by atoms with van der Waals surface area (Å²) in [5.41, 5.74) is 12.4. The molecule has 0 radical (unpaired) electrons. The molecule has 0 bridgehead atoms. The van der Waals surface area contributed by atoms with Crippen LogP contribution in [0.4, 0.5) is 0 Å². The van der Waals surface area contributed by atoms with Gasteiger partial charge in [-0.25, -0.2) is 4.98 Å². The van der Waals surface area contributed by atoms with Crippen LogP contribution in [0.5, 0.6) is 0 Å². The van der Waals surface area contributed by atoms with Crippen LogP contribution in [-0.2, 0) is 118 Å². The number of rotatable bonds is 47. The quantitative estimate of drug-likeness (QED) is 0.0293. The Balaban J connectivity index is 0.748. The van der Waals surface area contributed by atoms with Crippen LogP contribution in [0.1, 0.15) is 170 Å². The smallest absolute Gasteiger partial charge is 0.325 e. The van der Waals surface area contributed by atoms with Gasteiger partial charge in [0.15, 0.2) is 0 Å². The van der Waals surface area contributed by atoms with E-state index in [0.29, 0.717) is 75.5 Å². The van der Waals surface area contributed by atoms with Gasteiger partial charge in [-0.2, -0.15) is 0 Å². The van der Waals surface area contributed by atoms with Crippen molar-refractivity contribution in [1.82, 2.24) is 114 Å². The Labute approximate surface area is 786 Å². The number of primary amides is 1. The number of carboxylic acid groups (broad SMARTS) is 1. The van der Waals surface area contributed by atoms with E-state index in [1.54, 1.807) is 58.0 Å². The van der Waals surface area contributed by atoms with Crippen LogP contribution >= 0.6 is 0 Å². The number of aliphatic hydroxyl groups is 1. The fraction of sp³-hybridized carbons (Fsp3) is 0.648. The molecule has 16 atom stereocenters. The van der Waals surface area contributed by atoms with Gasteiger partial charge in [-0.1, -0.05) is 71.9 Å². The maximum atomic E-state index is 14.7. The predicted molar refractivity (Wildman–Crippen MR) is 481 cm³/mol. The maximum Gasteiger partial charge on any atom is 0.325 e. The number of nitrogens with zero attached hydrogens (tertiary/aromatic N) is 7. The highest BCUT2D eigenvalue weighted by atomic mass is 16.4. The molecule has 6 aliphatic heterocycles. The molecular weight excluding hydrogens is 1780 g/mol. The number of benzene rings is 1. The molecule has 0 spiro atoms. The molecule has 21 amide bonds. The number of aromatic amines is 1. The lowest BCUT2D eigenvalue weighted by Crippen LogP contribution is -2.59. The number of aliphatic carboxylic acids is 1. The molecule has 0 aliphatic carbocycles. The number of likely N-dealkylation sites (tertiary alicyclic amines) is 6. The van der Waals surface area contributed by atoms with Gasteiger partial charge in [0, 0.05) is 64.0 Å². The summed E-state index contributed by atoms with van der Waals surface area (Å²) < 4.78 is 0. The van der Waals surface area contributed by atoms with Crippen molar-refractivity contribution in [3.8, 4) is 0 Å². The number of carboxylic acids is 1. The highest BCUT2D eigenvalue weighted by Gasteiger charge is 2.50. The van der Waals surface area contributed by atoms with E-state index < -0.39 is 278 Å². The Hall–Kier alpha value is -13.3. The minimum atomic E-state index is -1.69. The summed E-state index contributed by atoms with van der Waals surface area (Å²) in [4.78, 5) is 314. The summed E-state index contributed by atoms with van der Waals surface area (Å²) in [5, 5.41) is 53.6. The van der Waals surface area contributed by atoms with Gasteiger partial charge in [-0.3, -0.25) is 105 Å². The van der Waals surface area contributed by atoms with Gasteiger partial charge in [-0.05, 0) is 134 Å². The summed E-state index contributed by atoms with van der Waals surface area (Å²) in [6.45, 7) is 10.6. The topological polar surface area (TPSA) is 685 Å².